The first-order valence-corrected chi connectivity index (χ1v) is 9.40. The van der Waals surface area contributed by atoms with Gasteiger partial charge in [-0.15, -0.1) is 35.3 Å². The van der Waals surface area contributed by atoms with E-state index in [1.165, 1.54) is 21.0 Å². The third kappa shape index (κ3) is 7.73. The number of hydrogen-bond donors (Lipinski definition) is 2. The molecule has 0 atom stereocenters. The Kier molecular flexibility index (Phi) is 10.0. The molecule has 0 aliphatic rings. The van der Waals surface area contributed by atoms with Crippen LogP contribution in [0.4, 0.5) is 0 Å². The molecule has 0 aliphatic carbocycles. The number of rotatable bonds is 7. The molecule has 0 spiro atoms. The molecule has 0 saturated heterocycles. The molecule has 0 unspecified atom stereocenters. The molecule has 4 nitrogen and oxygen atoms in total. The Morgan fingerprint density at radius 1 is 1.08 bits per heavy atom. The van der Waals surface area contributed by atoms with Crippen LogP contribution in [-0.2, 0) is 12.8 Å². The maximum Gasteiger partial charge on any atom is 0.191 e. The molecule has 25 heavy (non-hydrogen) atoms. The number of thiazole rings is 1. The van der Waals surface area contributed by atoms with Crippen molar-refractivity contribution in [3.63, 3.8) is 0 Å². The van der Waals surface area contributed by atoms with Gasteiger partial charge in [-0.25, -0.2) is 4.98 Å². The van der Waals surface area contributed by atoms with Gasteiger partial charge in [-0.05, 0) is 39.7 Å². The zero-order chi connectivity index (χ0) is 17.4. The van der Waals surface area contributed by atoms with Crippen LogP contribution in [0.2, 0.25) is 0 Å². The fourth-order valence-electron chi connectivity index (χ4n) is 2.33. The maximum atomic E-state index is 4.65. The van der Waals surface area contributed by atoms with E-state index in [0.717, 1.165) is 44.1 Å². The standard InChI is InChI=1S/C19H28N4S.HI/c1-5-20-19(21-12-10-17-8-6-14(2)7-9-17)22-13-11-18-23-15(3)16(4)24-18;/h6-9H,5,10-13H2,1-4H3,(H2,20,21,22);1H. The van der Waals surface area contributed by atoms with E-state index in [2.05, 4.69) is 72.6 Å². The quantitative estimate of drug-likeness (QED) is 0.364. The van der Waals surface area contributed by atoms with E-state index in [0.29, 0.717) is 0 Å². The molecule has 6 heteroatoms. The molecule has 2 rings (SSSR count). The minimum Gasteiger partial charge on any atom is -0.357 e. The van der Waals surface area contributed by atoms with Crippen LogP contribution >= 0.6 is 35.3 Å². The molecule has 0 amide bonds. The average molecular weight is 472 g/mol. The third-order valence-electron chi connectivity index (χ3n) is 3.84. The summed E-state index contributed by atoms with van der Waals surface area (Å²) in [7, 11) is 0. The predicted molar refractivity (Wildman–Crippen MR) is 120 cm³/mol. The number of aliphatic imine (C=N–C) groups is 1. The molecule has 0 radical (unpaired) electrons. The summed E-state index contributed by atoms with van der Waals surface area (Å²) in [5.41, 5.74) is 3.79. The highest BCUT2D eigenvalue weighted by Gasteiger charge is 2.03. The lowest BCUT2D eigenvalue weighted by Gasteiger charge is -2.11. The van der Waals surface area contributed by atoms with Crippen LogP contribution < -0.4 is 10.6 Å². The number of aryl methyl sites for hydroxylation is 3. The highest BCUT2D eigenvalue weighted by molar-refractivity contribution is 14.0. The van der Waals surface area contributed by atoms with Crippen LogP contribution in [0.1, 0.15) is 33.6 Å². The summed E-state index contributed by atoms with van der Waals surface area (Å²) in [5.74, 6) is 0.884. The monoisotopic (exact) mass is 472 g/mol. The number of guanidine groups is 1. The van der Waals surface area contributed by atoms with Gasteiger partial charge in [-0.1, -0.05) is 29.8 Å². The van der Waals surface area contributed by atoms with Crippen LogP contribution in [0.25, 0.3) is 0 Å². The van der Waals surface area contributed by atoms with Crippen LogP contribution in [0.15, 0.2) is 29.3 Å². The van der Waals surface area contributed by atoms with Crippen molar-refractivity contribution in [1.82, 2.24) is 15.6 Å². The second-order valence-electron chi connectivity index (χ2n) is 5.92. The number of aromatic nitrogens is 1. The Hall–Kier alpha value is -1.15. The number of hydrogen-bond acceptors (Lipinski definition) is 3. The number of nitrogens with one attached hydrogen (secondary N) is 2. The normalized spacial score (nSPS) is 11.1. The van der Waals surface area contributed by atoms with Gasteiger partial charge in [0.05, 0.1) is 10.7 Å². The molecule has 2 N–H and O–H groups in total. The maximum absolute atomic E-state index is 4.65. The van der Waals surface area contributed by atoms with Gasteiger partial charge in [0, 0.05) is 30.9 Å². The summed E-state index contributed by atoms with van der Waals surface area (Å²) < 4.78 is 0. The van der Waals surface area contributed by atoms with E-state index in [4.69, 9.17) is 0 Å². The smallest absolute Gasteiger partial charge is 0.191 e. The van der Waals surface area contributed by atoms with Crippen molar-refractivity contribution >= 4 is 41.3 Å². The molecule has 1 aromatic heterocycles. The van der Waals surface area contributed by atoms with Crippen molar-refractivity contribution in [3.05, 3.63) is 51.0 Å². The van der Waals surface area contributed by atoms with Crippen molar-refractivity contribution < 1.29 is 0 Å². The molecule has 1 heterocycles. The number of nitrogens with zero attached hydrogens (tertiary/aromatic N) is 2. The molecule has 0 fully saturated rings. The molecule has 138 valence electrons. The summed E-state index contributed by atoms with van der Waals surface area (Å²) >= 11 is 1.77. The summed E-state index contributed by atoms with van der Waals surface area (Å²) in [5, 5.41) is 7.88. The van der Waals surface area contributed by atoms with Gasteiger partial charge >= 0.3 is 0 Å². The van der Waals surface area contributed by atoms with Crippen molar-refractivity contribution in [3.8, 4) is 0 Å². The first-order valence-electron chi connectivity index (χ1n) is 8.59. The second kappa shape index (κ2) is 11.5. The van der Waals surface area contributed by atoms with E-state index >= 15 is 0 Å². The third-order valence-corrected chi connectivity index (χ3v) is 4.97. The summed E-state index contributed by atoms with van der Waals surface area (Å²) in [4.78, 5) is 10.5. The van der Waals surface area contributed by atoms with E-state index in [1.54, 1.807) is 11.3 Å². The highest BCUT2D eigenvalue weighted by atomic mass is 127. The lowest BCUT2D eigenvalue weighted by Crippen LogP contribution is -2.38. The van der Waals surface area contributed by atoms with Crippen molar-refractivity contribution in [2.24, 2.45) is 4.99 Å². The number of benzene rings is 1. The SMILES string of the molecule is CCNC(=NCCc1nc(C)c(C)s1)NCCc1ccc(C)cc1.I. The van der Waals surface area contributed by atoms with Crippen molar-refractivity contribution in [1.29, 1.82) is 0 Å². The number of halogens is 1. The van der Waals surface area contributed by atoms with Gasteiger partial charge in [-0.3, -0.25) is 4.99 Å². The minimum absolute atomic E-state index is 0. The van der Waals surface area contributed by atoms with Gasteiger partial charge in [-0.2, -0.15) is 0 Å². The summed E-state index contributed by atoms with van der Waals surface area (Å²) in [6, 6.07) is 8.70. The minimum atomic E-state index is 0. The van der Waals surface area contributed by atoms with Crippen LogP contribution in [0.3, 0.4) is 0 Å². The molecule has 0 aliphatic heterocycles. The van der Waals surface area contributed by atoms with E-state index < -0.39 is 0 Å². The average Bonchev–Trinajstić information content (AvgIpc) is 2.87. The summed E-state index contributed by atoms with van der Waals surface area (Å²) in [6.07, 6.45) is 1.89. The Morgan fingerprint density at radius 2 is 1.80 bits per heavy atom. The van der Waals surface area contributed by atoms with E-state index in [9.17, 15) is 0 Å². The topological polar surface area (TPSA) is 49.3 Å². The predicted octanol–water partition coefficient (Wildman–Crippen LogP) is 4.03. The van der Waals surface area contributed by atoms with Gasteiger partial charge in [0.15, 0.2) is 5.96 Å². The molecular weight excluding hydrogens is 443 g/mol. The highest BCUT2D eigenvalue weighted by Crippen LogP contribution is 2.16. The lowest BCUT2D eigenvalue weighted by atomic mass is 10.1. The molecule has 2 aromatic rings. The fourth-order valence-corrected chi connectivity index (χ4v) is 3.25. The zero-order valence-electron chi connectivity index (χ0n) is 15.6. The zero-order valence-corrected chi connectivity index (χ0v) is 18.7. The van der Waals surface area contributed by atoms with Crippen LogP contribution in [0, 0.1) is 20.8 Å². The van der Waals surface area contributed by atoms with Crippen molar-refractivity contribution in [2.45, 2.75) is 40.5 Å². The Bertz CT molecular complexity index is 645. The molecule has 0 bridgehead atoms. The first-order chi connectivity index (χ1) is 11.6. The lowest BCUT2D eigenvalue weighted by molar-refractivity contribution is 0.796. The Morgan fingerprint density at radius 3 is 2.40 bits per heavy atom. The molecule has 0 saturated carbocycles. The Balaban J connectivity index is 0.00000312. The first kappa shape index (κ1) is 21.9. The molecule has 1 aromatic carbocycles. The molecular formula is C19H29IN4S. The van der Waals surface area contributed by atoms with Gasteiger partial charge in [0.2, 0.25) is 0 Å². The van der Waals surface area contributed by atoms with Gasteiger partial charge in [0.1, 0.15) is 0 Å². The van der Waals surface area contributed by atoms with Crippen LogP contribution in [0.5, 0.6) is 0 Å². The summed E-state index contributed by atoms with van der Waals surface area (Å²) in [6.45, 7) is 10.9. The Labute approximate surface area is 172 Å². The van der Waals surface area contributed by atoms with Crippen molar-refractivity contribution in [2.75, 3.05) is 19.6 Å². The van der Waals surface area contributed by atoms with Gasteiger partial charge in [0.25, 0.3) is 0 Å². The second-order valence-corrected chi connectivity index (χ2v) is 7.21. The van der Waals surface area contributed by atoms with Gasteiger partial charge < -0.3 is 10.6 Å². The largest absolute Gasteiger partial charge is 0.357 e. The fraction of sp³-hybridized carbons (Fsp3) is 0.474. The van der Waals surface area contributed by atoms with E-state index in [-0.39, 0.29) is 24.0 Å². The van der Waals surface area contributed by atoms with E-state index in [1.807, 2.05) is 0 Å². The van der Waals surface area contributed by atoms with Crippen LogP contribution in [-0.4, -0.2) is 30.6 Å².